The minimum absolute atomic E-state index is 0.506. The fraction of sp³-hybridized carbons (Fsp3) is 0.308. The summed E-state index contributed by atoms with van der Waals surface area (Å²) >= 11 is 0. The van der Waals surface area contributed by atoms with E-state index in [4.69, 9.17) is 0 Å². The topological polar surface area (TPSA) is 0 Å². The summed E-state index contributed by atoms with van der Waals surface area (Å²) < 4.78 is 0. The van der Waals surface area contributed by atoms with Gasteiger partial charge < -0.3 is 0 Å². The highest BCUT2D eigenvalue weighted by atomic mass is 14.5. The van der Waals surface area contributed by atoms with E-state index in [1.165, 1.54) is 21.9 Å². The standard InChI is InChI=1S/C24H20.C2H6/c1-14-18-11-8-15-4-2-3-5-20(15)23(18)24-19(14)12-9-16-6-7-17-10-13-21(24)22(16)17;1-2/h2-14,16-17,21-22H,1H3;1-2H3/t14-,16?,17?,21?,22+;/m1./s1. The number of fused-ring (bicyclic) bond motifs is 5. The zero-order valence-corrected chi connectivity index (χ0v) is 15.8. The third-order valence-electron chi connectivity index (χ3n) is 6.71. The van der Waals surface area contributed by atoms with Gasteiger partial charge in [0.05, 0.1) is 0 Å². The van der Waals surface area contributed by atoms with Crippen LogP contribution in [0.25, 0.3) is 16.3 Å². The van der Waals surface area contributed by atoms with Crippen LogP contribution < -0.4 is 0 Å². The van der Waals surface area contributed by atoms with Crippen molar-refractivity contribution >= 4 is 16.3 Å². The van der Waals surface area contributed by atoms with Gasteiger partial charge in [0, 0.05) is 11.8 Å². The zero-order chi connectivity index (χ0) is 17.8. The summed E-state index contributed by atoms with van der Waals surface area (Å²) in [6.45, 7) is 6.38. The number of benzene rings is 2. The zero-order valence-electron chi connectivity index (χ0n) is 15.8. The molecule has 0 N–H and O–H groups in total. The highest BCUT2D eigenvalue weighted by molar-refractivity contribution is 6.00. The lowest BCUT2D eigenvalue weighted by Crippen LogP contribution is -2.18. The Labute approximate surface area is 156 Å². The molecule has 0 spiro atoms. The van der Waals surface area contributed by atoms with Gasteiger partial charge in [0.15, 0.2) is 0 Å². The Morgan fingerprint density at radius 2 is 1.50 bits per heavy atom. The molecule has 0 fully saturated rings. The smallest absolute Gasteiger partial charge is 0.00729 e. The Balaban J connectivity index is 0.000000727. The maximum Gasteiger partial charge on any atom is 0.00729 e. The molecule has 2 aromatic carbocycles. The van der Waals surface area contributed by atoms with Crippen LogP contribution in [0.4, 0.5) is 0 Å². The van der Waals surface area contributed by atoms with E-state index in [9.17, 15) is 0 Å². The predicted molar refractivity (Wildman–Crippen MR) is 112 cm³/mol. The minimum atomic E-state index is 0.506. The second kappa shape index (κ2) is 5.84. The number of hydrogen-bond acceptors (Lipinski definition) is 0. The van der Waals surface area contributed by atoms with E-state index in [-0.39, 0.29) is 0 Å². The molecule has 0 aliphatic heterocycles. The second-order valence-corrected chi connectivity index (χ2v) is 7.73. The van der Waals surface area contributed by atoms with Crippen LogP contribution in [0.3, 0.4) is 0 Å². The summed E-state index contributed by atoms with van der Waals surface area (Å²) in [4.78, 5) is 0. The van der Waals surface area contributed by atoms with Crippen molar-refractivity contribution in [2.24, 2.45) is 23.7 Å². The molecule has 0 heteroatoms. The molecule has 6 rings (SSSR count). The summed E-state index contributed by atoms with van der Waals surface area (Å²) in [6, 6.07) is 13.6. The summed E-state index contributed by atoms with van der Waals surface area (Å²) in [5.74, 6) is 3.00. The fourth-order valence-electron chi connectivity index (χ4n) is 5.60. The Kier molecular flexibility index (Phi) is 3.57. The van der Waals surface area contributed by atoms with Crippen LogP contribution >= 0.6 is 0 Å². The van der Waals surface area contributed by atoms with Crippen molar-refractivity contribution in [2.75, 3.05) is 0 Å². The Morgan fingerprint density at radius 3 is 2.35 bits per heavy atom. The van der Waals surface area contributed by atoms with Crippen LogP contribution in [-0.4, -0.2) is 0 Å². The first-order chi connectivity index (χ1) is 12.8. The van der Waals surface area contributed by atoms with Gasteiger partial charge in [-0.15, -0.1) is 0 Å². The molecule has 130 valence electrons. The first kappa shape index (κ1) is 15.9. The maximum atomic E-state index is 2.50. The van der Waals surface area contributed by atoms with Crippen LogP contribution in [0.5, 0.6) is 0 Å². The largest absolute Gasteiger partial charge is 0.0807 e. The fourth-order valence-corrected chi connectivity index (χ4v) is 5.60. The molecular formula is C26H26. The van der Waals surface area contributed by atoms with Crippen molar-refractivity contribution in [1.82, 2.24) is 0 Å². The highest BCUT2D eigenvalue weighted by Crippen LogP contribution is 2.57. The van der Waals surface area contributed by atoms with Crippen molar-refractivity contribution in [3.05, 3.63) is 89.6 Å². The van der Waals surface area contributed by atoms with E-state index in [1.54, 1.807) is 11.1 Å². The SMILES string of the molecule is CC.C[C@H]1C2=C(c3c1ccc1ccccc31)C1C=CC3C=CC(C=C2)[C@@H]31. The van der Waals surface area contributed by atoms with E-state index in [1.807, 2.05) is 13.8 Å². The molecule has 0 saturated heterocycles. The van der Waals surface area contributed by atoms with Gasteiger partial charge in [0.25, 0.3) is 0 Å². The van der Waals surface area contributed by atoms with Crippen molar-refractivity contribution in [1.29, 1.82) is 0 Å². The molecule has 0 heterocycles. The number of allylic oxidation sites excluding steroid dienone is 8. The molecule has 3 unspecified atom stereocenters. The quantitative estimate of drug-likeness (QED) is 0.458. The molecule has 5 atom stereocenters. The average molecular weight is 338 g/mol. The first-order valence-electron chi connectivity index (χ1n) is 10.1. The summed E-state index contributed by atoms with van der Waals surface area (Å²) in [5.41, 5.74) is 6.22. The van der Waals surface area contributed by atoms with Gasteiger partial charge in [-0.1, -0.05) is 93.6 Å². The van der Waals surface area contributed by atoms with Crippen molar-refractivity contribution in [2.45, 2.75) is 26.7 Å². The molecule has 0 saturated carbocycles. The molecule has 2 aromatic rings. The van der Waals surface area contributed by atoms with Gasteiger partial charge in [0.1, 0.15) is 0 Å². The summed E-state index contributed by atoms with van der Waals surface area (Å²) in [5, 5.41) is 2.80. The van der Waals surface area contributed by atoms with Gasteiger partial charge in [-0.2, -0.15) is 0 Å². The van der Waals surface area contributed by atoms with Gasteiger partial charge >= 0.3 is 0 Å². The molecular weight excluding hydrogens is 312 g/mol. The Hall–Kier alpha value is -2.34. The highest BCUT2D eigenvalue weighted by Gasteiger charge is 2.44. The molecule has 0 bridgehead atoms. The molecule has 0 amide bonds. The Bertz CT molecular complexity index is 998. The molecule has 0 radical (unpaired) electrons. The lowest BCUT2D eigenvalue weighted by Gasteiger charge is -2.25. The normalized spacial score (nSPS) is 32.2. The lowest BCUT2D eigenvalue weighted by atomic mass is 9.78. The van der Waals surface area contributed by atoms with E-state index < -0.39 is 0 Å². The van der Waals surface area contributed by atoms with Crippen molar-refractivity contribution in [3.63, 3.8) is 0 Å². The third kappa shape index (κ3) is 1.96. The molecule has 26 heavy (non-hydrogen) atoms. The van der Waals surface area contributed by atoms with E-state index in [2.05, 4.69) is 79.8 Å². The second-order valence-electron chi connectivity index (χ2n) is 7.73. The van der Waals surface area contributed by atoms with Gasteiger partial charge in [0.2, 0.25) is 0 Å². The van der Waals surface area contributed by atoms with Crippen LogP contribution in [0, 0.1) is 23.7 Å². The van der Waals surface area contributed by atoms with E-state index in [0.29, 0.717) is 29.6 Å². The molecule has 0 aromatic heterocycles. The van der Waals surface area contributed by atoms with Gasteiger partial charge in [-0.25, -0.2) is 0 Å². The average Bonchev–Trinajstić information content (AvgIpc) is 3.32. The number of hydrogen-bond donors (Lipinski definition) is 0. The maximum absolute atomic E-state index is 2.50. The molecule has 4 aliphatic carbocycles. The number of rotatable bonds is 0. The van der Waals surface area contributed by atoms with Crippen LogP contribution in [-0.2, 0) is 0 Å². The lowest BCUT2D eigenvalue weighted by molar-refractivity contribution is 0.400. The Morgan fingerprint density at radius 1 is 0.769 bits per heavy atom. The van der Waals surface area contributed by atoms with Crippen molar-refractivity contribution < 1.29 is 0 Å². The van der Waals surface area contributed by atoms with Crippen molar-refractivity contribution in [3.8, 4) is 0 Å². The molecule has 0 nitrogen and oxygen atoms in total. The predicted octanol–water partition coefficient (Wildman–Crippen LogP) is 6.91. The monoisotopic (exact) mass is 338 g/mol. The molecule has 4 aliphatic rings. The van der Waals surface area contributed by atoms with Gasteiger partial charge in [-0.3, -0.25) is 0 Å². The summed E-state index contributed by atoms with van der Waals surface area (Å²) in [6.07, 6.45) is 14.7. The minimum Gasteiger partial charge on any atom is -0.0807 e. The summed E-state index contributed by atoms with van der Waals surface area (Å²) in [7, 11) is 0. The third-order valence-corrected chi connectivity index (χ3v) is 6.71. The van der Waals surface area contributed by atoms with E-state index in [0.717, 1.165) is 0 Å². The first-order valence-corrected chi connectivity index (χ1v) is 10.1. The van der Waals surface area contributed by atoms with Crippen LogP contribution in [0.1, 0.15) is 37.8 Å². The van der Waals surface area contributed by atoms with E-state index >= 15 is 0 Å². The van der Waals surface area contributed by atoms with Crippen LogP contribution in [0.15, 0.2) is 78.4 Å². The van der Waals surface area contributed by atoms with Crippen LogP contribution in [0.2, 0.25) is 0 Å². The van der Waals surface area contributed by atoms with Gasteiger partial charge in [-0.05, 0) is 50.8 Å².